The average Bonchev–Trinajstić information content (AvgIpc) is 0.715. The van der Waals surface area contributed by atoms with Crippen molar-refractivity contribution < 1.29 is 39.5 Å². The summed E-state index contributed by atoms with van der Waals surface area (Å²) in [5.41, 5.74) is 16.2. The molecule has 0 aliphatic carbocycles. The van der Waals surface area contributed by atoms with E-state index in [0.717, 1.165) is 46.9 Å². The van der Waals surface area contributed by atoms with Gasteiger partial charge in [0.15, 0.2) is 0 Å². The molecule has 0 atom stereocenters. The first-order valence-electron chi connectivity index (χ1n) is 42.3. The van der Waals surface area contributed by atoms with Crippen LogP contribution < -0.4 is 4.74 Å². The van der Waals surface area contributed by atoms with Crippen LogP contribution in [0.15, 0.2) is 313 Å². The molecule has 0 bridgehead atoms. The van der Waals surface area contributed by atoms with Gasteiger partial charge in [-0.15, -0.1) is 0 Å². The third kappa shape index (κ3) is 33.6. The van der Waals surface area contributed by atoms with E-state index in [-0.39, 0.29) is 5.41 Å². The van der Waals surface area contributed by atoms with Crippen molar-refractivity contribution in [1.82, 2.24) is 0 Å². The van der Waals surface area contributed by atoms with Gasteiger partial charge in [0, 0.05) is 5.41 Å². The summed E-state index contributed by atoms with van der Waals surface area (Å²) in [4.78, 5) is 0.690. The molecule has 13 aromatic rings. The van der Waals surface area contributed by atoms with Crippen LogP contribution in [0.3, 0.4) is 0 Å². The van der Waals surface area contributed by atoms with Crippen LogP contribution in [0.4, 0.5) is 26.3 Å². The van der Waals surface area contributed by atoms with Gasteiger partial charge in [-0.1, -0.05) is 366 Å². The molecule has 0 fully saturated rings. The topological polar surface area (TPSA) is 43.4 Å². The Morgan fingerprint density at radius 2 is 0.525 bits per heavy atom. The van der Waals surface area contributed by atoms with Gasteiger partial charge in [-0.05, 0) is 268 Å². The van der Waals surface area contributed by atoms with Crippen LogP contribution in [-0.4, -0.2) is 20.8 Å². The summed E-state index contributed by atoms with van der Waals surface area (Å²) in [6, 6.07) is 94.1. The molecule has 0 saturated heterocycles. The quantitative estimate of drug-likeness (QED) is 0.135. The SMILES string of the molecule is CC.CC.CC.CC.CC.CC.CC.Cc1cc2ccccc2cc1C.Cc1ccc(-c2ccccc2)cc1C.Cc1ccc(C(C)(C)c2ccccc2)cc1C.Cc1ccc(C(c2ccccc2)(C(F)(F)F)C(F)(F)F)cc1C.Cc1ccc(Oc2ccccc2)cc1C.Cc1ccc(S(=O)(=O)c2ccccc2)cc1C.Cc1ccccc1C. The number of halogens is 6. The lowest BCUT2D eigenvalue weighted by molar-refractivity contribution is -0.288. The van der Waals surface area contributed by atoms with Gasteiger partial charge < -0.3 is 4.74 Å². The number of hydrogen-bond acceptors (Lipinski definition) is 3. The lowest BCUT2D eigenvalue weighted by Crippen LogP contribution is -2.54. The second-order valence-corrected chi connectivity index (χ2v) is 29.4. The van der Waals surface area contributed by atoms with Crippen LogP contribution in [0.2, 0.25) is 0 Å². The molecule has 0 unspecified atom stereocenters. The maximum atomic E-state index is 13.8. The van der Waals surface area contributed by atoms with Crippen LogP contribution in [0.25, 0.3) is 21.9 Å². The Labute approximate surface area is 722 Å². The summed E-state index contributed by atoms with van der Waals surface area (Å²) >= 11 is 0. The molecule has 646 valence electrons. The Hall–Kier alpha value is -10.6. The molecule has 13 aromatic carbocycles. The fourth-order valence-electron chi connectivity index (χ4n) is 11.5. The molecule has 0 aliphatic rings. The fourth-order valence-corrected chi connectivity index (χ4v) is 12.9. The van der Waals surface area contributed by atoms with E-state index >= 15 is 0 Å². The van der Waals surface area contributed by atoms with E-state index in [1.807, 2.05) is 159 Å². The number of ether oxygens (including phenoxy) is 1. The van der Waals surface area contributed by atoms with Gasteiger partial charge in [0.1, 0.15) is 11.5 Å². The summed E-state index contributed by atoms with van der Waals surface area (Å²) in [6.45, 7) is 60.9. The van der Waals surface area contributed by atoms with Crippen LogP contribution in [0, 0.1) is 96.9 Å². The highest BCUT2D eigenvalue weighted by atomic mass is 32.2. The molecule has 120 heavy (non-hydrogen) atoms. The van der Waals surface area contributed by atoms with E-state index in [2.05, 4.69) is 247 Å². The molecule has 0 heterocycles. The van der Waals surface area contributed by atoms with E-state index in [4.69, 9.17) is 4.74 Å². The maximum absolute atomic E-state index is 13.8. The second kappa shape index (κ2) is 56.8. The number of benzene rings is 13. The summed E-state index contributed by atoms with van der Waals surface area (Å²) in [7, 11) is -3.38. The smallest absolute Gasteiger partial charge is 0.411 e. The van der Waals surface area contributed by atoms with Crippen molar-refractivity contribution in [2.75, 3.05) is 0 Å². The lowest BCUT2D eigenvalue weighted by Gasteiger charge is -2.38. The minimum atomic E-state index is -5.53. The van der Waals surface area contributed by atoms with Gasteiger partial charge in [-0.25, -0.2) is 8.42 Å². The molecular formula is C110H140F6O3S. The molecule has 0 aliphatic heterocycles. The van der Waals surface area contributed by atoms with Crippen molar-refractivity contribution in [1.29, 1.82) is 0 Å². The first-order valence-corrected chi connectivity index (χ1v) is 43.8. The number of aryl methyl sites for hydroxylation is 14. The Kier molecular flexibility index (Phi) is 51.8. The molecule has 0 saturated carbocycles. The number of hydrogen-bond donors (Lipinski definition) is 0. The molecule has 3 nitrogen and oxygen atoms in total. The van der Waals surface area contributed by atoms with Crippen molar-refractivity contribution >= 4 is 20.6 Å². The van der Waals surface area contributed by atoms with Crippen LogP contribution in [-0.2, 0) is 20.7 Å². The zero-order valence-electron chi connectivity index (χ0n) is 77.8. The van der Waals surface area contributed by atoms with Gasteiger partial charge >= 0.3 is 12.4 Å². The first-order chi connectivity index (χ1) is 57.1. The Morgan fingerprint density at radius 3 is 0.908 bits per heavy atom. The van der Waals surface area contributed by atoms with E-state index in [1.165, 1.54) is 120 Å². The normalized spacial score (nSPS) is 10.2. The molecular weight excluding hydrogens is 1520 g/mol. The first kappa shape index (κ1) is 109. The van der Waals surface area contributed by atoms with Gasteiger partial charge in [-0.2, -0.15) is 26.3 Å². The van der Waals surface area contributed by atoms with Crippen molar-refractivity contribution in [2.24, 2.45) is 0 Å². The largest absolute Gasteiger partial charge is 0.457 e. The number of fused-ring (bicyclic) bond motifs is 1. The van der Waals surface area contributed by atoms with E-state index < -0.39 is 38.7 Å². The molecule has 13 rings (SSSR count). The van der Waals surface area contributed by atoms with Gasteiger partial charge in [-0.3, -0.25) is 0 Å². The third-order valence-corrected chi connectivity index (χ3v) is 21.2. The summed E-state index contributed by atoms with van der Waals surface area (Å²) < 4.78 is 113. The Morgan fingerprint density at radius 1 is 0.225 bits per heavy atom. The Bertz CT molecular complexity index is 5000. The van der Waals surface area contributed by atoms with Gasteiger partial charge in [0.25, 0.3) is 0 Å². The average molecular weight is 1660 g/mol. The zero-order chi connectivity index (χ0) is 91.6. The lowest BCUT2D eigenvalue weighted by atomic mass is 9.72. The Balaban J connectivity index is 0.00000136. The van der Waals surface area contributed by atoms with Crippen LogP contribution >= 0.6 is 0 Å². The predicted octanol–water partition coefficient (Wildman–Crippen LogP) is 34.5. The van der Waals surface area contributed by atoms with Gasteiger partial charge in [0.05, 0.1) is 9.79 Å². The minimum absolute atomic E-state index is 0.0692. The zero-order valence-corrected chi connectivity index (χ0v) is 78.6. The molecule has 0 amide bonds. The van der Waals surface area contributed by atoms with Crippen LogP contribution in [0.1, 0.15) is 211 Å². The molecule has 0 spiro atoms. The number of alkyl halides is 6. The highest BCUT2D eigenvalue weighted by Gasteiger charge is 2.72. The molecule has 0 aromatic heterocycles. The number of sulfone groups is 1. The van der Waals surface area contributed by atoms with Crippen molar-refractivity contribution in [3.8, 4) is 22.6 Å². The number of para-hydroxylation sites is 1. The molecule has 0 radical (unpaired) electrons. The van der Waals surface area contributed by atoms with Gasteiger partial charge in [0.2, 0.25) is 15.3 Å². The van der Waals surface area contributed by atoms with Crippen molar-refractivity contribution in [2.45, 2.75) is 241 Å². The maximum Gasteiger partial charge on any atom is 0.411 e. The summed E-state index contributed by atoms with van der Waals surface area (Å²) in [5.74, 6) is 1.77. The van der Waals surface area contributed by atoms with E-state index in [0.29, 0.717) is 20.9 Å². The van der Waals surface area contributed by atoms with Crippen molar-refractivity contribution in [3.63, 3.8) is 0 Å². The highest BCUT2D eigenvalue weighted by molar-refractivity contribution is 7.91. The summed E-state index contributed by atoms with van der Waals surface area (Å²) in [5, 5.41) is 2.67. The highest BCUT2D eigenvalue weighted by Crippen LogP contribution is 2.56. The number of rotatable bonds is 9. The monoisotopic (exact) mass is 1660 g/mol. The van der Waals surface area contributed by atoms with E-state index in [9.17, 15) is 34.8 Å². The molecule has 0 N–H and O–H groups in total. The predicted molar refractivity (Wildman–Crippen MR) is 510 cm³/mol. The summed E-state index contributed by atoms with van der Waals surface area (Å²) in [6.07, 6.45) is -11.1. The van der Waals surface area contributed by atoms with Crippen LogP contribution in [0.5, 0.6) is 11.5 Å². The van der Waals surface area contributed by atoms with E-state index in [1.54, 1.807) is 49.4 Å². The standard InChI is InChI=1S/C17H14F6.C17H20.C14H14O2S.C14H14O.C14H14.C12H12.C8H10.7C2H6/c1-11-8-9-14(10-12(11)2)15(16(18,19)20,17(21,22)23)13-6-4-3-5-7-13;1-13-10-11-16(12-14(13)2)17(3,4)15-8-6-5-7-9-15;1-11-8-9-14(10-12(11)2)17(15,16)13-6-4-3-5-7-13;1-11-8-9-14(10-12(11)2)15-13-6-4-3-5-7-13;1-11-8-9-14(10-12(11)2)13-6-4-3-5-7-13;1-9-7-11-5-3-4-6-12(11)8-10(9)2;1-7-5-3-4-6-8(7)2;7*1-2/h3-10H,1-2H3;5-12H,1-4H3;3-10H,1-2H3;3-10H,1-2H3;3-10H,1-2H3;3-8H,1-2H3;3-6H,1-2H3;7*1-2H3. The molecule has 10 heteroatoms. The van der Waals surface area contributed by atoms with Crippen molar-refractivity contribution in [3.05, 3.63) is 403 Å². The third-order valence-electron chi connectivity index (χ3n) is 19.4. The fraction of sp³-hybridized carbons (Fsp3) is 0.309. The second-order valence-electron chi connectivity index (χ2n) is 27.5. The minimum Gasteiger partial charge on any atom is -0.457 e.